The minimum atomic E-state index is -0.599. The number of amides is 1. The van der Waals surface area contributed by atoms with Gasteiger partial charge < -0.3 is 0 Å². The van der Waals surface area contributed by atoms with E-state index in [0.29, 0.717) is 29.2 Å². The van der Waals surface area contributed by atoms with Crippen molar-refractivity contribution < 1.29 is 9.18 Å². The average Bonchev–Trinajstić information content (AvgIpc) is 3.12. The molecule has 1 amide bonds. The molecule has 2 N–H and O–H groups in total. The van der Waals surface area contributed by atoms with Crippen molar-refractivity contribution in [1.82, 2.24) is 20.2 Å². The summed E-state index contributed by atoms with van der Waals surface area (Å²) in [5, 5.41) is 13.3. The molecule has 0 atom stereocenters. The number of carbonyl (C=O) groups is 1. The molecule has 3 aromatic rings. The van der Waals surface area contributed by atoms with Crippen LogP contribution in [0.1, 0.15) is 23.0 Å². The minimum Gasteiger partial charge on any atom is -0.297 e. The lowest BCUT2D eigenvalue weighted by molar-refractivity contribution is 0.0952. The number of rotatable bonds is 5. The number of nitriles is 1. The Hall–Kier alpha value is -3.73. The van der Waals surface area contributed by atoms with E-state index >= 15 is 0 Å². The van der Waals surface area contributed by atoms with Crippen molar-refractivity contribution >= 4 is 11.6 Å². The minimum absolute atomic E-state index is 0.370. The Balaban J connectivity index is 1.78. The van der Waals surface area contributed by atoms with Crippen LogP contribution in [-0.2, 0) is 6.54 Å². The van der Waals surface area contributed by atoms with Gasteiger partial charge in [0.25, 0.3) is 5.91 Å². The van der Waals surface area contributed by atoms with Crippen LogP contribution in [0.4, 0.5) is 10.1 Å². The molecule has 0 bridgehead atoms. The zero-order valence-corrected chi connectivity index (χ0v) is 13.9. The lowest BCUT2D eigenvalue weighted by atomic mass is 10.1. The molecule has 0 aliphatic rings. The molecule has 8 heteroatoms. The number of hydrogen-bond acceptors (Lipinski definition) is 5. The van der Waals surface area contributed by atoms with Crippen LogP contribution in [0.15, 0.2) is 48.7 Å². The highest BCUT2D eigenvalue weighted by Gasteiger charge is 2.15. The first-order chi connectivity index (χ1) is 12.6. The molecule has 1 aromatic carbocycles. The Kier molecular flexibility index (Phi) is 4.90. The highest BCUT2D eigenvalue weighted by Crippen LogP contribution is 2.20. The number of aryl methyl sites for hydroxylation is 1. The first kappa shape index (κ1) is 17.1. The molecule has 130 valence electrons. The highest BCUT2D eigenvalue weighted by molar-refractivity contribution is 5.94. The van der Waals surface area contributed by atoms with E-state index in [0.717, 1.165) is 5.56 Å². The number of hydrogen-bond donors (Lipinski definition) is 2. The predicted octanol–water partition coefficient (Wildman–Crippen LogP) is 2.73. The zero-order valence-electron chi connectivity index (χ0n) is 13.9. The summed E-state index contributed by atoms with van der Waals surface area (Å²) in [7, 11) is 0. The number of pyridine rings is 1. The number of benzene rings is 1. The lowest BCUT2D eigenvalue weighted by Crippen LogP contribution is -2.31. The van der Waals surface area contributed by atoms with Gasteiger partial charge in [-0.3, -0.25) is 20.3 Å². The van der Waals surface area contributed by atoms with E-state index in [4.69, 9.17) is 5.26 Å². The van der Waals surface area contributed by atoms with Crippen molar-refractivity contribution in [1.29, 1.82) is 5.26 Å². The third-order valence-corrected chi connectivity index (χ3v) is 3.67. The fraction of sp³-hybridized carbons (Fsp3) is 0.111. The van der Waals surface area contributed by atoms with Gasteiger partial charge in [0.05, 0.1) is 29.2 Å². The molecule has 7 nitrogen and oxygen atoms in total. The number of halogens is 1. The summed E-state index contributed by atoms with van der Waals surface area (Å²) < 4.78 is 14.4. The van der Waals surface area contributed by atoms with E-state index in [1.165, 1.54) is 18.3 Å². The topological polar surface area (TPSA) is 95.6 Å². The Morgan fingerprint density at radius 1 is 1.27 bits per heavy atom. The number of aromatic nitrogens is 3. The van der Waals surface area contributed by atoms with Gasteiger partial charge in [0.2, 0.25) is 5.95 Å². The molecule has 2 heterocycles. The van der Waals surface area contributed by atoms with Gasteiger partial charge in [-0.1, -0.05) is 12.1 Å². The van der Waals surface area contributed by atoms with Gasteiger partial charge in [-0.05, 0) is 37.3 Å². The Bertz CT molecular complexity index is 957. The summed E-state index contributed by atoms with van der Waals surface area (Å²) in [5.41, 5.74) is 8.03. The van der Waals surface area contributed by atoms with Crippen molar-refractivity contribution in [3.05, 3.63) is 65.9 Å². The van der Waals surface area contributed by atoms with E-state index in [2.05, 4.69) is 27.0 Å². The summed E-state index contributed by atoms with van der Waals surface area (Å²) >= 11 is 0. The normalized spacial score (nSPS) is 10.2. The van der Waals surface area contributed by atoms with E-state index in [-0.39, 0.29) is 5.91 Å². The van der Waals surface area contributed by atoms with Crippen LogP contribution in [-0.4, -0.2) is 20.7 Å². The van der Waals surface area contributed by atoms with Crippen molar-refractivity contribution in [3.8, 4) is 17.3 Å². The summed E-state index contributed by atoms with van der Waals surface area (Å²) in [6.07, 6.45) is 1.27. The second kappa shape index (κ2) is 7.44. The van der Waals surface area contributed by atoms with Crippen LogP contribution in [0, 0.1) is 17.3 Å². The molecular weight excluding hydrogens is 335 g/mol. The molecule has 2 aromatic heterocycles. The SMILES string of the molecule is CCn1nc(-c2ccc(C#N)cc2)cc1C(=O)NNc1ccc(F)nc1. The molecule has 0 fully saturated rings. The highest BCUT2D eigenvalue weighted by atomic mass is 19.1. The summed E-state index contributed by atoms with van der Waals surface area (Å²) in [6, 6.07) is 13.3. The maximum Gasteiger partial charge on any atom is 0.287 e. The predicted molar refractivity (Wildman–Crippen MR) is 93.3 cm³/mol. The van der Waals surface area contributed by atoms with Gasteiger partial charge in [0.15, 0.2) is 0 Å². The molecule has 0 saturated heterocycles. The average molecular weight is 350 g/mol. The Morgan fingerprint density at radius 2 is 2.04 bits per heavy atom. The zero-order chi connectivity index (χ0) is 18.5. The Morgan fingerprint density at radius 3 is 2.65 bits per heavy atom. The first-order valence-electron chi connectivity index (χ1n) is 7.87. The van der Waals surface area contributed by atoms with Crippen molar-refractivity contribution in [2.75, 3.05) is 5.43 Å². The molecule has 0 saturated carbocycles. The van der Waals surface area contributed by atoms with Crippen LogP contribution in [0.5, 0.6) is 0 Å². The number of anilines is 1. The summed E-state index contributed by atoms with van der Waals surface area (Å²) in [5.74, 6) is -0.985. The molecular formula is C18H15FN6O. The summed E-state index contributed by atoms with van der Waals surface area (Å²) in [6.45, 7) is 2.39. The second-order valence-electron chi connectivity index (χ2n) is 5.37. The largest absolute Gasteiger partial charge is 0.297 e. The maximum atomic E-state index is 12.8. The molecule has 0 unspecified atom stereocenters. The fourth-order valence-electron chi connectivity index (χ4n) is 2.34. The van der Waals surface area contributed by atoms with Gasteiger partial charge in [-0.2, -0.15) is 14.8 Å². The third-order valence-electron chi connectivity index (χ3n) is 3.67. The van der Waals surface area contributed by atoms with Gasteiger partial charge in [-0.25, -0.2) is 4.98 Å². The van der Waals surface area contributed by atoms with Gasteiger partial charge in [0.1, 0.15) is 5.69 Å². The number of nitrogens with zero attached hydrogens (tertiary/aromatic N) is 4. The molecule has 0 aliphatic carbocycles. The smallest absolute Gasteiger partial charge is 0.287 e. The lowest BCUT2D eigenvalue weighted by Gasteiger charge is -2.08. The molecule has 3 rings (SSSR count). The second-order valence-corrected chi connectivity index (χ2v) is 5.37. The number of nitrogens with one attached hydrogen (secondary N) is 2. The van der Waals surface area contributed by atoms with Crippen LogP contribution in [0.3, 0.4) is 0 Å². The summed E-state index contributed by atoms with van der Waals surface area (Å²) in [4.78, 5) is 15.9. The standard InChI is InChI=1S/C18H15FN6O/c1-2-25-16(18(26)23-22-14-7-8-17(19)21-11-14)9-15(24-25)13-5-3-12(10-20)4-6-13/h3-9,11,22H,2H2,1H3,(H,23,26). The van der Waals surface area contributed by atoms with E-state index in [1.54, 1.807) is 35.0 Å². The van der Waals surface area contributed by atoms with Crippen molar-refractivity contribution in [3.63, 3.8) is 0 Å². The van der Waals surface area contributed by atoms with Crippen LogP contribution in [0.25, 0.3) is 11.3 Å². The van der Waals surface area contributed by atoms with Crippen LogP contribution < -0.4 is 10.9 Å². The van der Waals surface area contributed by atoms with Gasteiger partial charge >= 0.3 is 0 Å². The first-order valence-corrected chi connectivity index (χ1v) is 7.87. The number of carbonyl (C=O) groups excluding carboxylic acids is 1. The Labute approximate surface area is 149 Å². The molecule has 0 aliphatic heterocycles. The molecule has 0 radical (unpaired) electrons. The van der Waals surface area contributed by atoms with Gasteiger partial charge in [-0.15, -0.1) is 0 Å². The van der Waals surface area contributed by atoms with Gasteiger partial charge in [0, 0.05) is 12.1 Å². The van der Waals surface area contributed by atoms with Crippen molar-refractivity contribution in [2.24, 2.45) is 0 Å². The number of hydrazine groups is 1. The molecule has 0 spiro atoms. The quantitative estimate of drug-likeness (QED) is 0.545. The molecule has 26 heavy (non-hydrogen) atoms. The monoisotopic (exact) mass is 350 g/mol. The maximum absolute atomic E-state index is 12.8. The van der Waals surface area contributed by atoms with Crippen LogP contribution in [0.2, 0.25) is 0 Å². The van der Waals surface area contributed by atoms with E-state index < -0.39 is 5.95 Å². The third kappa shape index (κ3) is 3.67. The van der Waals surface area contributed by atoms with E-state index in [1.807, 2.05) is 6.92 Å². The fourth-order valence-corrected chi connectivity index (χ4v) is 2.34. The van der Waals surface area contributed by atoms with Crippen LogP contribution >= 0.6 is 0 Å². The van der Waals surface area contributed by atoms with E-state index in [9.17, 15) is 9.18 Å². The van der Waals surface area contributed by atoms with Crippen molar-refractivity contribution in [2.45, 2.75) is 13.5 Å².